The Morgan fingerprint density at radius 2 is 1.95 bits per heavy atom. The lowest BCUT2D eigenvalue weighted by Gasteiger charge is -2.00. The molecule has 2 aromatic rings. The summed E-state index contributed by atoms with van der Waals surface area (Å²) in [5, 5.41) is 8.70. The molecule has 5 heteroatoms. The van der Waals surface area contributed by atoms with Crippen molar-refractivity contribution in [3.05, 3.63) is 29.8 Å². The summed E-state index contributed by atoms with van der Waals surface area (Å²) in [4.78, 5) is 0. The third kappa shape index (κ3) is 4.65. The maximum absolute atomic E-state index is 5.62. The monoisotopic (exact) mass is 292 g/mol. The number of nitrogens with zero attached hydrogens (tertiary/aromatic N) is 2. The van der Waals surface area contributed by atoms with Gasteiger partial charge in [-0.15, -0.1) is 10.2 Å². The maximum Gasteiger partial charge on any atom is 0.276 e. The molecule has 0 aliphatic heterocycles. The first kappa shape index (κ1) is 15.1. The van der Waals surface area contributed by atoms with Gasteiger partial charge in [0.2, 0.25) is 5.89 Å². The van der Waals surface area contributed by atoms with Crippen LogP contribution in [-0.4, -0.2) is 29.2 Å². The van der Waals surface area contributed by atoms with Crippen molar-refractivity contribution in [3.8, 4) is 11.5 Å². The number of benzene rings is 1. The van der Waals surface area contributed by atoms with Crippen LogP contribution in [0, 0.1) is 6.92 Å². The molecule has 0 saturated heterocycles. The van der Waals surface area contributed by atoms with E-state index in [4.69, 9.17) is 9.15 Å². The van der Waals surface area contributed by atoms with E-state index in [2.05, 4.69) is 24.0 Å². The van der Waals surface area contributed by atoms with Crippen molar-refractivity contribution in [2.45, 2.75) is 31.9 Å². The molecule has 4 nitrogen and oxygen atoms in total. The minimum absolute atomic E-state index is 0.569. The van der Waals surface area contributed by atoms with E-state index >= 15 is 0 Å². The highest BCUT2D eigenvalue weighted by Gasteiger charge is 2.08. The van der Waals surface area contributed by atoms with E-state index in [0.29, 0.717) is 17.7 Å². The summed E-state index contributed by atoms with van der Waals surface area (Å²) in [6.07, 6.45) is 2.28. The van der Waals surface area contributed by atoms with Crippen LogP contribution in [0.2, 0.25) is 0 Å². The predicted molar refractivity (Wildman–Crippen MR) is 80.9 cm³/mol. The smallest absolute Gasteiger partial charge is 0.276 e. The second kappa shape index (κ2) is 8.07. The standard InChI is InChI=1S/C15H20N2O2S/c1-3-4-9-18-10-11-20-15-17-16-14(19-15)13-7-5-12(2)6-8-13/h5-8H,3-4,9-11H2,1-2H3. The second-order valence-corrected chi connectivity index (χ2v) is 5.60. The number of unbranched alkanes of at least 4 members (excludes halogenated alkanes) is 1. The lowest BCUT2D eigenvalue weighted by atomic mass is 10.1. The molecule has 0 amide bonds. The first-order valence-electron chi connectivity index (χ1n) is 6.90. The lowest BCUT2D eigenvalue weighted by Crippen LogP contribution is -1.98. The van der Waals surface area contributed by atoms with Gasteiger partial charge in [-0.2, -0.15) is 0 Å². The Morgan fingerprint density at radius 1 is 1.15 bits per heavy atom. The highest BCUT2D eigenvalue weighted by molar-refractivity contribution is 7.99. The molecule has 1 aromatic heterocycles. The molecule has 0 unspecified atom stereocenters. The average Bonchev–Trinajstić information content (AvgIpc) is 2.92. The van der Waals surface area contributed by atoms with Gasteiger partial charge in [0.05, 0.1) is 6.61 Å². The summed E-state index contributed by atoms with van der Waals surface area (Å²) in [7, 11) is 0. The number of rotatable bonds is 8. The molecule has 20 heavy (non-hydrogen) atoms. The molecule has 0 radical (unpaired) electrons. The molecular weight excluding hydrogens is 272 g/mol. The van der Waals surface area contributed by atoms with E-state index in [9.17, 15) is 0 Å². The third-order valence-corrected chi connectivity index (χ3v) is 3.58. The molecule has 0 spiro atoms. The van der Waals surface area contributed by atoms with Crippen molar-refractivity contribution >= 4 is 11.8 Å². The van der Waals surface area contributed by atoms with Gasteiger partial charge in [0.1, 0.15) is 0 Å². The highest BCUT2D eigenvalue weighted by Crippen LogP contribution is 2.23. The molecule has 2 rings (SSSR count). The van der Waals surface area contributed by atoms with Crippen LogP contribution in [0.3, 0.4) is 0 Å². The van der Waals surface area contributed by atoms with Crippen LogP contribution in [0.15, 0.2) is 33.9 Å². The Bertz CT molecular complexity index is 511. The molecule has 0 aliphatic rings. The van der Waals surface area contributed by atoms with Crippen molar-refractivity contribution in [1.82, 2.24) is 10.2 Å². The minimum Gasteiger partial charge on any atom is -0.411 e. The van der Waals surface area contributed by atoms with Crippen molar-refractivity contribution in [2.24, 2.45) is 0 Å². The van der Waals surface area contributed by atoms with Crippen LogP contribution in [0.4, 0.5) is 0 Å². The van der Waals surface area contributed by atoms with E-state index in [0.717, 1.165) is 30.8 Å². The number of thioether (sulfide) groups is 1. The van der Waals surface area contributed by atoms with Gasteiger partial charge >= 0.3 is 0 Å². The van der Waals surface area contributed by atoms with Crippen molar-refractivity contribution in [1.29, 1.82) is 0 Å². The number of aromatic nitrogens is 2. The zero-order valence-electron chi connectivity index (χ0n) is 12.0. The summed E-state index contributed by atoms with van der Waals surface area (Å²) >= 11 is 1.53. The second-order valence-electron chi connectivity index (χ2n) is 4.55. The van der Waals surface area contributed by atoms with Crippen LogP contribution in [0.25, 0.3) is 11.5 Å². The molecule has 1 aromatic carbocycles. The van der Waals surface area contributed by atoms with Gasteiger partial charge in [-0.05, 0) is 25.5 Å². The Hall–Kier alpha value is -1.33. The molecule has 108 valence electrons. The Balaban J connectivity index is 1.79. The number of hydrogen-bond donors (Lipinski definition) is 0. The SMILES string of the molecule is CCCCOCCSc1nnc(-c2ccc(C)cc2)o1. The largest absolute Gasteiger partial charge is 0.411 e. The summed E-state index contributed by atoms with van der Waals surface area (Å²) < 4.78 is 11.1. The fraction of sp³-hybridized carbons (Fsp3) is 0.467. The van der Waals surface area contributed by atoms with E-state index in [-0.39, 0.29) is 0 Å². The number of hydrogen-bond acceptors (Lipinski definition) is 5. The van der Waals surface area contributed by atoms with Gasteiger partial charge in [-0.25, -0.2) is 0 Å². The Kier molecular flexibility index (Phi) is 6.08. The fourth-order valence-corrected chi connectivity index (χ4v) is 2.23. The Morgan fingerprint density at radius 3 is 2.70 bits per heavy atom. The molecule has 0 bridgehead atoms. The zero-order chi connectivity index (χ0) is 14.2. The normalized spacial score (nSPS) is 10.9. The molecule has 0 atom stereocenters. The molecule has 0 saturated carbocycles. The van der Waals surface area contributed by atoms with Crippen LogP contribution < -0.4 is 0 Å². The third-order valence-electron chi connectivity index (χ3n) is 2.80. The molecule has 0 aliphatic carbocycles. The molecule has 0 fully saturated rings. The van der Waals surface area contributed by atoms with Crippen molar-refractivity contribution in [3.63, 3.8) is 0 Å². The van der Waals surface area contributed by atoms with E-state index in [1.807, 2.05) is 24.3 Å². The number of aryl methyl sites for hydroxylation is 1. The summed E-state index contributed by atoms with van der Waals surface area (Å²) in [5.74, 6) is 1.40. The summed E-state index contributed by atoms with van der Waals surface area (Å²) in [5.41, 5.74) is 2.17. The predicted octanol–water partition coefficient (Wildman–Crippen LogP) is 3.95. The zero-order valence-corrected chi connectivity index (χ0v) is 12.8. The van der Waals surface area contributed by atoms with Crippen LogP contribution in [0.1, 0.15) is 25.3 Å². The van der Waals surface area contributed by atoms with E-state index in [1.165, 1.54) is 17.3 Å². The minimum atomic E-state index is 0.569. The first-order chi connectivity index (χ1) is 9.79. The average molecular weight is 292 g/mol. The van der Waals surface area contributed by atoms with Crippen LogP contribution in [0.5, 0.6) is 0 Å². The van der Waals surface area contributed by atoms with Crippen molar-refractivity contribution < 1.29 is 9.15 Å². The van der Waals surface area contributed by atoms with Crippen molar-refractivity contribution in [2.75, 3.05) is 19.0 Å². The van der Waals surface area contributed by atoms with E-state index in [1.54, 1.807) is 0 Å². The summed E-state index contributed by atoms with van der Waals surface area (Å²) in [6.45, 7) is 5.75. The molecule has 1 heterocycles. The fourth-order valence-electron chi connectivity index (χ4n) is 1.62. The first-order valence-corrected chi connectivity index (χ1v) is 7.89. The van der Waals surface area contributed by atoms with E-state index < -0.39 is 0 Å². The highest BCUT2D eigenvalue weighted by atomic mass is 32.2. The van der Waals surface area contributed by atoms with Crippen LogP contribution >= 0.6 is 11.8 Å². The maximum atomic E-state index is 5.62. The Labute approximate surface area is 123 Å². The topological polar surface area (TPSA) is 48.2 Å². The van der Waals surface area contributed by atoms with Gasteiger partial charge < -0.3 is 9.15 Å². The quantitative estimate of drug-likeness (QED) is 0.544. The van der Waals surface area contributed by atoms with Gasteiger partial charge in [0.15, 0.2) is 0 Å². The van der Waals surface area contributed by atoms with Gasteiger partial charge in [0.25, 0.3) is 5.22 Å². The van der Waals surface area contributed by atoms with Gasteiger partial charge in [-0.3, -0.25) is 0 Å². The molecule has 0 N–H and O–H groups in total. The molecular formula is C15H20N2O2S. The lowest BCUT2D eigenvalue weighted by molar-refractivity contribution is 0.147. The summed E-state index contributed by atoms with van der Waals surface area (Å²) in [6, 6.07) is 8.05. The van der Waals surface area contributed by atoms with Gasteiger partial charge in [0, 0.05) is 17.9 Å². The van der Waals surface area contributed by atoms with Gasteiger partial charge in [-0.1, -0.05) is 42.8 Å². The number of ether oxygens (including phenoxy) is 1. The van der Waals surface area contributed by atoms with Crippen LogP contribution in [-0.2, 0) is 4.74 Å².